The summed E-state index contributed by atoms with van der Waals surface area (Å²) in [5.74, 6) is 0.271. The number of carbonyl (C=O) groups is 1. The third-order valence-corrected chi connectivity index (χ3v) is 3.33. The summed E-state index contributed by atoms with van der Waals surface area (Å²) in [5.41, 5.74) is 7.21. The minimum atomic E-state index is 0.130. The van der Waals surface area contributed by atoms with Crippen LogP contribution in [0.3, 0.4) is 0 Å². The van der Waals surface area contributed by atoms with Crippen LogP contribution in [0.25, 0.3) is 0 Å². The fraction of sp³-hybridized carbons (Fsp3) is 0.500. The number of nitrogens with two attached hydrogens (primary N) is 1. The lowest BCUT2D eigenvalue weighted by atomic mass is 10.1. The highest BCUT2D eigenvalue weighted by Gasteiger charge is 2.51. The molecular weight excluding hydrogens is 202 g/mol. The maximum absolute atomic E-state index is 12.1. The molecule has 0 aromatic carbocycles. The van der Waals surface area contributed by atoms with Crippen molar-refractivity contribution in [3.05, 3.63) is 18.5 Å². The van der Waals surface area contributed by atoms with E-state index < -0.39 is 0 Å². The Morgan fingerprint density at radius 3 is 2.75 bits per heavy atom. The fourth-order valence-electron chi connectivity index (χ4n) is 1.95. The highest BCUT2D eigenvalue weighted by molar-refractivity contribution is 5.99. The largest absolute Gasteiger partial charge is 0.396 e. The maximum atomic E-state index is 12.1. The minimum Gasteiger partial charge on any atom is -0.396 e. The summed E-state index contributed by atoms with van der Waals surface area (Å²) in [5, 5.41) is 0. The Morgan fingerprint density at radius 2 is 2.25 bits per heavy atom. The van der Waals surface area contributed by atoms with E-state index in [9.17, 15) is 4.79 Å². The van der Waals surface area contributed by atoms with Crippen LogP contribution in [0.15, 0.2) is 18.5 Å². The van der Waals surface area contributed by atoms with Gasteiger partial charge in [0.15, 0.2) is 0 Å². The molecular formula is C12H17N3O. The lowest BCUT2D eigenvalue weighted by Crippen LogP contribution is -2.29. The number of nitrogen functional groups attached to an aromatic ring is 1. The van der Waals surface area contributed by atoms with E-state index in [0.29, 0.717) is 5.69 Å². The Hall–Kier alpha value is -1.58. The SMILES string of the molecule is CN(C(=O)C1CC1(C)C)c1ccncc1N. The van der Waals surface area contributed by atoms with E-state index in [0.717, 1.165) is 12.1 Å². The van der Waals surface area contributed by atoms with Gasteiger partial charge in [0.2, 0.25) is 5.91 Å². The number of aromatic nitrogens is 1. The van der Waals surface area contributed by atoms with Gasteiger partial charge in [-0.3, -0.25) is 9.78 Å². The summed E-state index contributed by atoms with van der Waals surface area (Å²) in [7, 11) is 1.77. The van der Waals surface area contributed by atoms with Crippen LogP contribution in [0.5, 0.6) is 0 Å². The number of anilines is 2. The van der Waals surface area contributed by atoms with E-state index in [1.807, 2.05) is 0 Å². The van der Waals surface area contributed by atoms with Gasteiger partial charge >= 0.3 is 0 Å². The van der Waals surface area contributed by atoms with Gasteiger partial charge < -0.3 is 10.6 Å². The first-order valence-electron chi connectivity index (χ1n) is 5.40. The van der Waals surface area contributed by atoms with Gasteiger partial charge in [0.05, 0.1) is 17.6 Å². The van der Waals surface area contributed by atoms with Crippen molar-refractivity contribution in [2.75, 3.05) is 17.7 Å². The zero-order valence-electron chi connectivity index (χ0n) is 9.90. The third-order valence-electron chi connectivity index (χ3n) is 3.33. The summed E-state index contributed by atoms with van der Waals surface area (Å²) in [4.78, 5) is 17.7. The summed E-state index contributed by atoms with van der Waals surface area (Å²) in [6.07, 6.45) is 4.17. The Bertz CT molecular complexity index is 428. The molecule has 1 aliphatic rings. The van der Waals surface area contributed by atoms with E-state index >= 15 is 0 Å². The number of nitrogens with zero attached hydrogens (tertiary/aromatic N) is 2. The molecule has 1 amide bonds. The van der Waals surface area contributed by atoms with E-state index in [2.05, 4.69) is 18.8 Å². The topological polar surface area (TPSA) is 59.2 Å². The molecule has 0 spiro atoms. The normalized spacial score (nSPS) is 21.6. The van der Waals surface area contributed by atoms with Crippen molar-refractivity contribution in [1.29, 1.82) is 0 Å². The Morgan fingerprint density at radius 1 is 1.62 bits per heavy atom. The molecule has 2 N–H and O–H groups in total. The summed E-state index contributed by atoms with van der Waals surface area (Å²) >= 11 is 0. The van der Waals surface area contributed by atoms with Crippen LogP contribution in [-0.2, 0) is 4.79 Å². The van der Waals surface area contributed by atoms with Crippen LogP contribution in [0.1, 0.15) is 20.3 Å². The molecule has 16 heavy (non-hydrogen) atoms. The van der Waals surface area contributed by atoms with Crippen molar-refractivity contribution in [1.82, 2.24) is 4.98 Å². The number of carbonyl (C=O) groups excluding carboxylic acids is 1. The second-order valence-electron chi connectivity index (χ2n) is 5.08. The molecule has 1 fully saturated rings. The van der Waals surface area contributed by atoms with Gasteiger partial charge in [0, 0.05) is 19.2 Å². The molecule has 86 valence electrons. The van der Waals surface area contributed by atoms with Crippen LogP contribution in [0, 0.1) is 11.3 Å². The number of amides is 1. The predicted octanol–water partition coefficient (Wildman–Crippen LogP) is 1.67. The molecule has 0 radical (unpaired) electrons. The van der Waals surface area contributed by atoms with Crippen LogP contribution in [0.2, 0.25) is 0 Å². The first kappa shape index (κ1) is 10.9. The molecule has 2 rings (SSSR count). The van der Waals surface area contributed by atoms with Gasteiger partial charge in [-0.2, -0.15) is 0 Å². The van der Waals surface area contributed by atoms with Crippen LogP contribution < -0.4 is 10.6 Å². The van der Waals surface area contributed by atoms with Crippen molar-refractivity contribution in [2.45, 2.75) is 20.3 Å². The molecule has 1 saturated carbocycles. The third kappa shape index (κ3) is 1.75. The van der Waals surface area contributed by atoms with Crippen LogP contribution in [-0.4, -0.2) is 17.9 Å². The van der Waals surface area contributed by atoms with Crippen LogP contribution >= 0.6 is 0 Å². The second-order valence-corrected chi connectivity index (χ2v) is 5.08. The summed E-state index contributed by atoms with van der Waals surface area (Å²) in [6.45, 7) is 4.22. The average Bonchev–Trinajstić information content (AvgIpc) is 2.86. The quantitative estimate of drug-likeness (QED) is 0.823. The molecule has 1 heterocycles. The lowest BCUT2D eigenvalue weighted by molar-refractivity contribution is -0.120. The van der Waals surface area contributed by atoms with Crippen LogP contribution in [0.4, 0.5) is 11.4 Å². The number of pyridine rings is 1. The fourth-order valence-corrected chi connectivity index (χ4v) is 1.95. The van der Waals surface area contributed by atoms with Gasteiger partial charge in [0.1, 0.15) is 0 Å². The van der Waals surface area contributed by atoms with Crippen molar-refractivity contribution in [2.24, 2.45) is 11.3 Å². The van der Waals surface area contributed by atoms with E-state index in [-0.39, 0.29) is 17.2 Å². The predicted molar refractivity (Wildman–Crippen MR) is 63.9 cm³/mol. The first-order valence-corrected chi connectivity index (χ1v) is 5.40. The van der Waals surface area contributed by atoms with E-state index in [1.54, 1.807) is 30.4 Å². The minimum absolute atomic E-state index is 0.130. The van der Waals surface area contributed by atoms with Crippen molar-refractivity contribution >= 4 is 17.3 Å². The molecule has 1 aliphatic carbocycles. The highest BCUT2D eigenvalue weighted by atomic mass is 16.2. The Kier molecular flexibility index (Phi) is 2.37. The first-order chi connectivity index (χ1) is 7.43. The molecule has 4 nitrogen and oxygen atoms in total. The highest BCUT2D eigenvalue weighted by Crippen LogP contribution is 2.52. The van der Waals surface area contributed by atoms with Crippen molar-refractivity contribution in [3.8, 4) is 0 Å². The standard InChI is InChI=1S/C12H17N3O/c1-12(2)6-8(12)11(16)15(3)10-4-5-14-7-9(10)13/h4-5,7-8H,6,13H2,1-3H3. The zero-order chi connectivity index (χ0) is 11.9. The smallest absolute Gasteiger partial charge is 0.230 e. The Labute approximate surface area is 95.5 Å². The van der Waals surface area contributed by atoms with E-state index in [1.165, 1.54) is 0 Å². The van der Waals surface area contributed by atoms with Gasteiger partial charge in [-0.1, -0.05) is 13.8 Å². The lowest BCUT2D eigenvalue weighted by Gasteiger charge is -2.19. The molecule has 4 heteroatoms. The maximum Gasteiger partial charge on any atom is 0.230 e. The number of rotatable bonds is 2. The number of hydrogen-bond donors (Lipinski definition) is 1. The molecule has 1 aromatic rings. The molecule has 1 atom stereocenters. The van der Waals surface area contributed by atoms with E-state index in [4.69, 9.17) is 5.73 Å². The Balaban J connectivity index is 2.17. The van der Waals surface area contributed by atoms with Gasteiger partial charge in [-0.25, -0.2) is 0 Å². The second kappa shape index (κ2) is 3.47. The molecule has 1 unspecified atom stereocenters. The van der Waals surface area contributed by atoms with Crippen molar-refractivity contribution in [3.63, 3.8) is 0 Å². The molecule has 0 saturated heterocycles. The van der Waals surface area contributed by atoms with Gasteiger partial charge in [-0.05, 0) is 17.9 Å². The van der Waals surface area contributed by atoms with Crippen molar-refractivity contribution < 1.29 is 4.79 Å². The number of hydrogen-bond acceptors (Lipinski definition) is 3. The van der Waals surface area contributed by atoms with Gasteiger partial charge in [0.25, 0.3) is 0 Å². The molecule has 0 bridgehead atoms. The average molecular weight is 219 g/mol. The zero-order valence-corrected chi connectivity index (χ0v) is 9.90. The molecule has 0 aliphatic heterocycles. The summed E-state index contributed by atoms with van der Waals surface area (Å²) in [6, 6.07) is 1.77. The van der Waals surface area contributed by atoms with Gasteiger partial charge in [-0.15, -0.1) is 0 Å². The summed E-state index contributed by atoms with van der Waals surface area (Å²) < 4.78 is 0. The molecule has 1 aromatic heterocycles. The monoisotopic (exact) mass is 219 g/mol.